The number of carbonyl (C=O) groups is 2. The van der Waals surface area contributed by atoms with E-state index in [9.17, 15) is 30.0 Å². The van der Waals surface area contributed by atoms with E-state index in [2.05, 4.69) is 19.1 Å². The summed E-state index contributed by atoms with van der Waals surface area (Å²) in [6.45, 7) is 1.00. The average Bonchev–Trinajstić information content (AvgIpc) is 3.12. The molecule has 0 saturated heterocycles. The van der Waals surface area contributed by atoms with Gasteiger partial charge in [-0.05, 0) is 44.9 Å². The fourth-order valence-electron chi connectivity index (χ4n) is 6.58. The molecule has 0 radical (unpaired) electrons. The summed E-state index contributed by atoms with van der Waals surface area (Å²) in [5, 5.41) is 57.4. The Morgan fingerprint density at radius 1 is 0.529 bits per heavy atom. The number of aliphatic carboxylic acids is 1. The van der Waals surface area contributed by atoms with Crippen molar-refractivity contribution in [3.8, 4) is 0 Å². The highest BCUT2D eigenvalue weighted by molar-refractivity contribution is 5.72. The number of hydrogen-bond acceptors (Lipinski definition) is 8. The molecule has 0 fully saturated rings. The normalized spacial score (nSPS) is 14.8. The summed E-state index contributed by atoms with van der Waals surface area (Å²) in [4.78, 5) is 23.6. The van der Waals surface area contributed by atoms with Gasteiger partial charge in [0.05, 0.1) is 12.5 Å². The Kier molecular flexibility index (Phi) is 35.7. The third-order valence-corrected chi connectivity index (χ3v) is 10.1. The zero-order valence-electron chi connectivity index (χ0n) is 32.6. The lowest BCUT2D eigenvalue weighted by Gasteiger charge is -2.26. The molecule has 5 atom stereocenters. The maximum Gasteiger partial charge on any atom is 0.309 e. The Hall–Kier alpha value is -1.52. The Morgan fingerprint density at radius 2 is 0.902 bits per heavy atom. The van der Waals surface area contributed by atoms with Crippen LogP contribution in [0.1, 0.15) is 200 Å². The molecule has 0 amide bonds. The van der Waals surface area contributed by atoms with Gasteiger partial charge in [0.2, 0.25) is 0 Å². The molecule has 0 heterocycles. The molecule has 0 aromatic rings. The average molecular weight is 729 g/mol. The van der Waals surface area contributed by atoms with Gasteiger partial charge in [-0.25, -0.2) is 0 Å². The van der Waals surface area contributed by atoms with Crippen molar-refractivity contribution in [2.45, 2.75) is 224 Å². The minimum Gasteiger partial charge on any atom is -0.481 e. The second kappa shape index (κ2) is 36.8. The molecule has 9 heteroatoms. The molecule has 0 aromatic carbocycles. The van der Waals surface area contributed by atoms with Crippen LogP contribution in [0.2, 0.25) is 0 Å². The van der Waals surface area contributed by atoms with Crippen LogP contribution >= 0.6 is 0 Å². The molecule has 9 nitrogen and oxygen atoms in total. The van der Waals surface area contributed by atoms with Gasteiger partial charge in [0.1, 0.15) is 31.0 Å². The quantitative estimate of drug-likeness (QED) is 0.0206. The minimum absolute atomic E-state index is 0.274. The lowest BCUT2D eigenvalue weighted by molar-refractivity contribution is -0.160. The van der Waals surface area contributed by atoms with Gasteiger partial charge in [-0.3, -0.25) is 9.59 Å². The van der Waals surface area contributed by atoms with Gasteiger partial charge < -0.3 is 35.4 Å². The topological polar surface area (TPSA) is 165 Å². The third kappa shape index (κ3) is 31.7. The number of hydrogen-bond donors (Lipinski definition) is 6. The number of carboxylic acid groups (broad SMARTS) is 1. The van der Waals surface area contributed by atoms with Crippen LogP contribution in [0.25, 0.3) is 0 Å². The predicted octanol–water partition coefficient (Wildman–Crippen LogP) is 8.95. The van der Waals surface area contributed by atoms with Crippen molar-refractivity contribution in [3.05, 3.63) is 12.2 Å². The van der Waals surface area contributed by atoms with Crippen molar-refractivity contribution in [2.75, 3.05) is 13.2 Å². The second-order valence-corrected chi connectivity index (χ2v) is 14.9. The first-order valence-electron chi connectivity index (χ1n) is 21.1. The van der Waals surface area contributed by atoms with Crippen LogP contribution in [0, 0.1) is 5.92 Å². The molecule has 0 aliphatic carbocycles. The van der Waals surface area contributed by atoms with Crippen LogP contribution in [0.5, 0.6) is 0 Å². The number of rotatable bonds is 39. The van der Waals surface area contributed by atoms with E-state index < -0.39 is 49.6 Å². The zero-order valence-corrected chi connectivity index (χ0v) is 32.6. The van der Waals surface area contributed by atoms with E-state index in [1.54, 1.807) is 0 Å². The van der Waals surface area contributed by atoms with Gasteiger partial charge >= 0.3 is 11.9 Å². The first-order chi connectivity index (χ1) is 24.7. The van der Waals surface area contributed by atoms with Crippen LogP contribution in [0.15, 0.2) is 12.2 Å². The van der Waals surface area contributed by atoms with E-state index in [1.807, 2.05) is 0 Å². The molecular formula is C42H80O9. The smallest absolute Gasteiger partial charge is 0.309 e. The van der Waals surface area contributed by atoms with Crippen LogP contribution in [0.3, 0.4) is 0 Å². The van der Waals surface area contributed by atoms with E-state index in [0.29, 0.717) is 6.42 Å². The van der Waals surface area contributed by atoms with Crippen molar-refractivity contribution in [1.29, 1.82) is 0 Å². The van der Waals surface area contributed by atoms with Gasteiger partial charge in [-0.15, -0.1) is 0 Å². The van der Waals surface area contributed by atoms with Gasteiger partial charge in [0.15, 0.2) is 0 Å². The lowest BCUT2D eigenvalue weighted by Crippen LogP contribution is -2.47. The van der Waals surface area contributed by atoms with Crippen LogP contribution < -0.4 is 0 Å². The summed E-state index contributed by atoms with van der Waals surface area (Å²) < 4.78 is 5.37. The van der Waals surface area contributed by atoms with E-state index in [1.165, 1.54) is 103 Å². The van der Waals surface area contributed by atoms with Crippen LogP contribution in [-0.4, -0.2) is 80.2 Å². The molecule has 6 N–H and O–H groups in total. The summed E-state index contributed by atoms with van der Waals surface area (Å²) in [7, 11) is 0. The van der Waals surface area contributed by atoms with Gasteiger partial charge in [0.25, 0.3) is 0 Å². The van der Waals surface area contributed by atoms with Gasteiger partial charge in [-0.1, -0.05) is 160 Å². The number of allylic oxidation sites excluding steroid dienone is 2. The predicted molar refractivity (Wildman–Crippen MR) is 207 cm³/mol. The Balaban J connectivity index is 4.29. The highest BCUT2D eigenvalue weighted by Crippen LogP contribution is 2.22. The fourth-order valence-corrected chi connectivity index (χ4v) is 6.58. The SMILES string of the molecule is CCCCCCCCC=CCCCCCCC(CCCCCCCCCCCCCCCCCC(=O)O)C(=O)OC[C@@H](O)[C@@H](O)[C@H](O)[C@H](O)CO. The van der Waals surface area contributed by atoms with Gasteiger partial charge in [-0.2, -0.15) is 0 Å². The molecule has 0 rings (SSSR count). The summed E-state index contributed by atoms with van der Waals surface area (Å²) in [5.74, 6) is -1.36. The van der Waals surface area contributed by atoms with Gasteiger partial charge in [0, 0.05) is 6.42 Å². The highest BCUT2D eigenvalue weighted by Gasteiger charge is 2.31. The third-order valence-electron chi connectivity index (χ3n) is 10.1. The van der Waals surface area contributed by atoms with Crippen molar-refractivity contribution >= 4 is 11.9 Å². The van der Waals surface area contributed by atoms with E-state index >= 15 is 0 Å². The number of carboxylic acids is 1. The van der Waals surface area contributed by atoms with E-state index in [0.717, 1.165) is 83.5 Å². The molecule has 0 saturated carbocycles. The molecule has 0 bridgehead atoms. The zero-order chi connectivity index (χ0) is 37.8. The lowest BCUT2D eigenvalue weighted by atomic mass is 9.94. The molecule has 0 spiro atoms. The van der Waals surface area contributed by atoms with Crippen molar-refractivity contribution in [3.63, 3.8) is 0 Å². The molecule has 0 aliphatic rings. The number of ether oxygens (including phenoxy) is 1. The van der Waals surface area contributed by atoms with Crippen molar-refractivity contribution < 1.29 is 45.0 Å². The largest absolute Gasteiger partial charge is 0.481 e. The summed E-state index contributed by atoms with van der Waals surface area (Å²) >= 11 is 0. The number of esters is 1. The monoisotopic (exact) mass is 729 g/mol. The first kappa shape index (κ1) is 49.5. The highest BCUT2D eigenvalue weighted by atomic mass is 16.5. The number of unbranched alkanes of at least 4 members (excludes halogenated alkanes) is 24. The number of aliphatic hydroxyl groups is 5. The molecule has 51 heavy (non-hydrogen) atoms. The van der Waals surface area contributed by atoms with Crippen molar-refractivity contribution in [1.82, 2.24) is 0 Å². The summed E-state index contributed by atoms with van der Waals surface area (Å²) in [5.41, 5.74) is 0. The fraction of sp³-hybridized carbons (Fsp3) is 0.905. The molecule has 0 aliphatic heterocycles. The summed E-state index contributed by atoms with van der Waals surface area (Å²) in [6.07, 6.45) is 31.5. The molecular weight excluding hydrogens is 648 g/mol. The minimum atomic E-state index is -1.75. The summed E-state index contributed by atoms with van der Waals surface area (Å²) in [6, 6.07) is 0. The number of aliphatic hydroxyl groups excluding tert-OH is 5. The molecule has 1 unspecified atom stereocenters. The van der Waals surface area contributed by atoms with E-state index in [-0.39, 0.29) is 5.92 Å². The first-order valence-corrected chi connectivity index (χ1v) is 21.1. The van der Waals surface area contributed by atoms with Crippen LogP contribution in [-0.2, 0) is 14.3 Å². The maximum atomic E-state index is 13.0. The Labute approximate surface area is 311 Å². The van der Waals surface area contributed by atoms with Crippen LogP contribution in [0.4, 0.5) is 0 Å². The van der Waals surface area contributed by atoms with E-state index in [4.69, 9.17) is 14.9 Å². The molecule has 0 aromatic heterocycles. The van der Waals surface area contributed by atoms with Crippen molar-refractivity contribution in [2.24, 2.45) is 5.92 Å². The maximum absolute atomic E-state index is 13.0. The second-order valence-electron chi connectivity index (χ2n) is 14.9. The number of carbonyl (C=O) groups excluding carboxylic acids is 1. The standard InChI is InChI=1S/C42H80O9/c1-2-3-4-5-6-7-8-9-13-16-19-22-25-28-31-36(42(50)51-35-38(45)41(49)40(48)37(44)34-43)32-29-26-23-20-17-14-11-10-12-15-18-21-24-27-30-33-39(46)47/h9,13,36-38,40-41,43-45,48-49H,2-8,10-12,14-35H2,1H3,(H,46,47)/t36?,37-,38-,40-,41-/m1/s1. The Morgan fingerprint density at radius 3 is 1.31 bits per heavy atom. The Bertz CT molecular complexity index is 805. The molecule has 302 valence electrons.